The number of fused-ring (bicyclic) bond motifs is 3. The Hall–Kier alpha value is -4.07. The maximum Gasteiger partial charge on any atom is 0.264 e. The Kier molecular flexibility index (Phi) is 10.7. The fraction of sp³-hybridized carbons (Fsp3) is 0.475. The average Bonchev–Trinajstić information content (AvgIpc) is 3.25. The number of hydrogen-bond acceptors (Lipinski definition) is 7. The van der Waals surface area contributed by atoms with E-state index in [1.165, 1.54) is 25.0 Å². The first kappa shape index (κ1) is 36.7. The number of anilines is 1. The third-order valence-corrected chi connectivity index (χ3v) is 13.1. The summed E-state index contributed by atoms with van der Waals surface area (Å²) in [4.78, 5) is 29.1. The summed E-state index contributed by atoms with van der Waals surface area (Å²) in [6.45, 7) is 6.72. The van der Waals surface area contributed by atoms with Gasteiger partial charge in [0.25, 0.3) is 11.8 Å². The Labute approximate surface area is 306 Å². The molecule has 270 valence electrons. The van der Waals surface area contributed by atoms with Crippen molar-refractivity contribution >= 4 is 39.1 Å². The monoisotopic (exact) mass is 730 g/mol. The van der Waals surface area contributed by atoms with E-state index in [0.29, 0.717) is 48.1 Å². The normalized spacial score (nSPS) is 22.3. The van der Waals surface area contributed by atoms with Crippen LogP contribution in [0.5, 0.6) is 5.75 Å². The summed E-state index contributed by atoms with van der Waals surface area (Å²) in [7, 11) is -3.85. The fourth-order valence-corrected chi connectivity index (χ4v) is 8.91. The molecular formula is C40H47ClN4O5S. The molecule has 2 amide bonds. The Morgan fingerprint density at radius 2 is 1.86 bits per heavy atom. The lowest BCUT2D eigenvalue weighted by atomic mass is 9.61. The molecule has 1 spiro atoms. The largest absolute Gasteiger partial charge is 0.490 e. The van der Waals surface area contributed by atoms with Crippen molar-refractivity contribution in [3.8, 4) is 11.8 Å². The molecule has 2 aliphatic carbocycles. The van der Waals surface area contributed by atoms with Gasteiger partial charge in [0.05, 0.1) is 23.6 Å². The smallest absolute Gasteiger partial charge is 0.264 e. The second kappa shape index (κ2) is 14.9. The number of nitrogens with zero attached hydrogens (tertiary/aromatic N) is 2. The molecule has 3 aromatic rings. The molecule has 0 aromatic heterocycles. The van der Waals surface area contributed by atoms with Crippen molar-refractivity contribution in [3.05, 3.63) is 94.0 Å². The minimum absolute atomic E-state index is 0.0626. The lowest BCUT2D eigenvalue weighted by Crippen LogP contribution is -2.59. The molecule has 9 nitrogen and oxygen atoms in total. The topological polar surface area (TPSA) is 129 Å². The first-order valence-electron chi connectivity index (χ1n) is 18.1. The maximum absolute atomic E-state index is 13.5. The van der Waals surface area contributed by atoms with Crippen LogP contribution in [0.3, 0.4) is 0 Å². The van der Waals surface area contributed by atoms with E-state index >= 15 is 0 Å². The molecule has 0 radical (unpaired) electrons. The summed E-state index contributed by atoms with van der Waals surface area (Å²) in [6, 6.07) is 22.8. The highest BCUT2D eigenvalue weighted by Crippen LogP contribution is 2.48. The van der Waals surface area contributed by atoms with Gasteiger partial charge in [0.1, 0.15) is 11.3 Å². The zero-order valence-electron chi connectivity index (χ0n) is 29.6. The third kappa shape index (κ3) is 7.47. The van der Waals surface area contributed by atoms with E-state index in [-0.39, 0.29) is 28.7 Å². The summed E-state index contributed by atoms with van der Waals surface area (Å²) in [5.41, 5.74) is 2.44. The van der Waals surface area contributed by atoms with E-state index in [9.17, 15) is 23.3 Å². The minimum atomic E-state index is -3.85. The standard InChI is InChI=1S/C40H47ClN4O5S/c1-4-5-20-40(24-42,43-37(46)28-10-7-6-8-11-28)34-16-13-31(34)23-45-25-39(19-9-12-29-21-32(41)15-17-33(29)39)26-50-36-18-14-30(22-35(36)45)38(47)44-51(48,49)27(2)3/h6-8,10-11,14-15,17-18,21-22,27,31,34H,4-5,9,12-13,16,19-20,23,25-26H2,1-3H3,(H,43,46)(H,44,47)/t31-,34+,39-,40-/m0/s1. The molecule has 11 heteroatoms. The molecule has 1 aliphatic heterocycles. The van der Waals surface area contributed by atoms with Crippen LogP contribution in [0.1, 0.15) is 97.6 Å². The number of unbranched alkanes of at least 4 members (excludes halogenated alkanes) is 1. The van der Waals surface area contributed by atoms with Gasteiger partial charge in [0.15, 0.2) is 0 Å². The number of rotatable bonds is 11. The molecular weight excluding hydrogens is 684 g/mol. The minimum Gasteiger partial charge on any atom is -0.490 e. The predicted octanol–water partition coefficient (Wildman–Crippen LogP) is 7.19. The number of carbonyl (C=O) groups is 2. The predicted molar refractivity (Wildman–Crippen MR) is 200 cm³/mol. The molecule has 51 heavy (non-hydrogen) atoms. The van der Waals surface area contributed by atoms with Gasteiger partial charge >= 0.3 is 0 Å². The molecule has 6 rings (SSSR count). The van der Waals surface area contributed by atoms with E-state index in [4.69, 9.17) is 16.3 Å². The summed E-state index contributed by atoms with van der Waals surface area (Å²) in [5.74, 6) is -0.368. The van der Waals surface area contributed by atoms with Gasteiger partial charge in [-0.05, 0) is 112 Å². The van der Waals surface area contributed by atoms with E-state index in [2.05, 4.69) is 34.0 Å². The lowest BCUT2D eigenvalue weighted by Gasteiger charge is -2.49. The second-order valence-corrected chi connectivity index (χ2v) is 17.4. The van der Waals surface area contributed by atoms with Crippen molar-refractivity contribution in [1.82, 2.24) is 10.0 Å². The molecule has 0 unspecified atom stereocenters. The molecule has 3 aromatic carbocycles. The van der Waals surface area contributed by atoms with Crippen LogP contribution in [0.15, 0.2) is 66.7 Å². The summed E-state index contributed by atoms with van der Waals surface area (Å²) in [5, 5.41) is 13.9. The first-order chi connectivity index (χ1) is 24.4. The van der Waals surface area contributed by atoms with Gasteiger partial charge in [-0.25, -0.2) is 13.1 Å². The number of halogens is 1. The Morgan fingerprint density at radius 1 is 1.08 bits per heavy atom. The van der Waals surface area contributed by atoms with Crippen molar-refractivity contribution in [2.24, 2.45) is 11.8 Å². The number of sulfonamides is 1. The van der Waals surface area contributed by atoms with E-state index in [0.717, 1.165) is 44.9 Å². The quantitative estimate of drug-likeness (QED) is 0.214. The number of benzene rings is 3. The van der Waals surface area contributed by atoms with Crippen LogP contribution < -0.4 is 19.7 Å². The lowest BCUT2D eigenvalue weighted by molar-refractivity contribution is 0.0646. The van der Waals surface area contributed by atoms with Gasteiger partial charge in [0.2, 0.25) is 10.0 Å². The molecule has 1 saturated carbocycles. The van der Waals surface area contributed by atoms with Crippen LogP contribution in [0.4, 0.5) is 5.69 Å². The Balaban J connectivity index is 1.37. The van der Waals surface area contributed by atoms with Crippen molar-refractivity contribution < 1.29 is 22.7 Å². The first-order valence-corrected chi connectivity index (χ1v) is 20.0. The van der Waals surface area contributed by atoms with E-state index in [1.807, 2.05) is 30.3 Å². The average molecular weight is 731 g/mol. The van der Waals surface area contributed by atoms with Gasteiger partial charge in [-0.15, -0.1) is 0 Å². The highest BCUT2D eigenvalue weighted by atomic mass is 35.5. The van der Waals surface area contributed by atoms with Gasteiger partial charge in [-0.3, -0.25) is 9.59 Å². The van der Waals surface area contributed by atoms with Crippen molar-refractivity contribution in [3.63, 3.8) is 0 Å². The highest BCUT2D eigenvalue weighted by molar-refractivity contribution is 7.90. The number of aryl methyl sites for hydroxylation is 1. The number of amides is 2. The van der Waals surface area contributed by atoms with Crippen LogP contribution in [0.25, 0.3) is 0 Å². The molecule has 1 fully saturated rings. The van der Waals surface area contributed by atoms with Gasteiger partial charge in [0, 0.05) is 40.6 Å². The number of hydrogen-bond donors (Lipinski definition) is 2. The maximum atomic E-state index is 13.5. The fourth-order valence-electron chi connectivity index (χ4n) is 8.11. The second-order valence-electron chi connectivity index (χ2n) is 14.8. The molecule has 2 N–H and O–H groups in total. The summed E-state index contributed by atoms with van der Waals surface area (Å²) < 4.78 is 34.1. The van der Waals surface area contributed by atoms with Gasteiger partial charge < -0.3 is 15.0 Å². The van der Waals surface area contributed by atoms with Gasteiger partial charge in [-0.2, -0.15) is 5.26 Å². The summed E-state index contributed by atoms with van der Waals surface area (Å²) >= 11 is 6.45. The third-order valence-electron chi connectivity index (χ3n) is 11.2. The molecule has 1 heterocycles. The molecule has 0 saturated heterocycles. The SMILES string of the molecule is CCCC[C@@](C#N)(NC(=O)c1ccccc1)[C@@H]1CC[C@H]1CN1C[C@@]2(CCCc3cc(Cl)ccc32)COc2ccc(C(=O)NS(=O)(=O)C(C)C)cc21. The van der Waals surface area contributed by atoms with Crippen LogP contribution in [-0.4, -0.2) is 50.7 Å². The van der Waals surface area contributed by atoms with Crippen molar-refractivity contribution in [1.29, 1.82) is 5.26 Å². The van der Waals surface area contributed by atoms with Crippen LogP contribution in [-0.2, 0) is 21.9 Å². The van der Waals surface area contributed by atoms with Crippen molar-refractivity contribution in [2.75, 3.05) is 24.6 Å². The van der Waals surface area contributed by atoms with Crippen LogP contribution in [0.2, 0.25) is 5.02 Å². The van der Waals surface area contributed by atoms with Crippen molar-refractivity contribution in [2.45, 2.75) is 88.3 Å². The number of nitriles is 1. The zero-order valence-corrected chi connectivity index (χ0v) is 31.2. The van der Waals surface area contributed by atoms with E-state index < -0.39 is 26.7 Å². The molecule has 3 aliphatic rings. The molecule has 4 atom stereocenters. The highest BCUT2D eigenvalue weighted by Gasteiger charge is 2.50. The van der Waals surface area contributed by atoms with Crippen LogP contribution >= 0.6 is 11.6 Å². The Bertz CT molecular complexity index is 1930. The van der Waals surface area contributed by atoms with E-state index in [1.54, 1.807) is 30.3 Å². The number of nitrogens with one attached hydrogen (secondary N) is 2. The molecule has 0 bridgehead atoms. The summed E-state index contributed by atoms with van der Waals surface area (Å²) in [6.07, 6.45) is 6.70. The Morgan fingerprint density at radius 3 is 2.55 bits per heavy atom. The van der Waals surface area contributed by atoms with Crippen LogP contribution in [0, 0.1) is 23.2 Å². The number of carbonyl (C=O) groups excluding carboxylic acids is 2. The van der Waals surface area contributed by atoms with Gasteiger partial charge in [-0.1, -0.05) is 55.6 Å². The number of ether oxygens (including phenoxy) is 1. The zero-order chi connectivity index (χ0) is 36.4.